The number of nitrogens with two attached hydrogens (primary N) is 2. The number of carbonyl (C=O) groups is 1. The number of rotatable bonds is 0. The third-order valence-corrected chi connectivity index (χ3v) is 0.179. The Morgan fingerprint density at radius 1 is 1.50 bits per heavy atom. The molecule has 0 aromatic carbocycles. The van der Waals surface area contributed by atoms with Gasteiger partial charge in [0.2, 0.25) is 12.2 Å². The predicted molar refractivity (Wildman–Crippen MR) is 34.5 cm³/mol. The maximum atomic E-state index is 8.00. The van der Waals surface area contributed by atoms with E-state index in [0.717, 1.165) is 0 Å². The Bertz CT molecular complexity index is 115. The summed E-state index contributed by atoms with van der Waals surface area (Å²) in [6.45, 7) is 2.00. The minimum Gasteiger partial charge on any atom is -1.00 e. The van der Waals surface area contributed by atoms with Crippen LogP contribution in [0.5, 0.6) is 0 Å². The molecule has 0 unspecified atom stereocenters. The summed E-state index contributed by atoms with van der Waals surface area (Å²) >= 11 is 0. The van der Waals surface area contributed by atoms with Crippen molar-refractivity contribution in [1.29, 1.82) is 5.26 Å². The number of carbonyl (C=O) groups excluding carboxylic acids is 1. The Kier molecular flexibility index (Phi) is 59.2. The fourth-order valence-electron chi connectivity index (χ4n) is 0.0577. The molecule has 0 aliphatic heterocycles. The highest BCUT2D eigenvalue weighted by Gasteiger charge is 1.67. The van der Waals surface area contributed by atoms with E-state index >= 15 is 0 Å². The molecule has 10 heavy (non-hydrogen) atoms. The molecule has 0 spiro atoms. The maximum Gasteiger partial charge on any atom is 0.209 e. The summed E-state index contributed by atoms with van der Waals surface area (Å²) in [6.07, 6.45) is 1.41. The van der Waals surface area contributed by atoms with E-state index in [-0.39, 0.29) is 24.5 Å². The fourth-order valence-corrected chi connectivity index (χ4v) is 0.0577. The molecule has 0 saturated carbocycles. The lowest BCUT2D eigenvalue weighted by Gasteiger charge is -1.74. The van der Waals surface area contributed by atoms with Gasteiger partial charge in [0.05, 0.1) is 0 Å². The maximum absolute atomic E-state index is 8.00. The monoisotopic (exact) mass is 167 g/mol. The number of guanidine groups is 1. The lowest BCUT2D eigenvalue weighted by Crippen LogP contribution is -3.00. The van der Waals surface area contributed by atoms with Crippen LogP contribution in [0.3, 0.4) is 0 Å². The number of hydrogen-bond donors (Lipinski definition) is 3. The second-order valence-corrected chi connectivity index (χ2v) is 0.637. The minimum atomic E-state index is -0.197. The molecule has 0 aliphatic carbocycles. The molecule has 0 amide bonds. The highest BCUT2D eigenvalue weighted by molar-refractivity contribution is 5.76. The third-order valence-electron chi connectivity index (χ3n) is 0.179. The second kappa shape index (κ2) is 25.3. The van der Waals surface area contributed by atoms with Gasteiger partial charge in [0.1, 0.15) is 6.79 Å². The van der Waals surface area contributed by atoms with Crippen LogP contribution in [0.4, 0.5) is 0 Å². The molecular formula is C3H10ClN5O. The first kappa shape index (κ1) is 23.4. The molecule has 0 atom stereocenters. The van der Waals surface area contributed by atoms with Crippen LogP contribution >= 0.6 is 0 Å². The summed E-state index contributed by atoms with van der Waals surface area (Å²) in [5.41, 5.74) is 9.42. The van der Waals surface area contributed by atoms with Crippen molar-refractivity contribution in [3.05, 3.63) is 0 Å². The molecule has 0 saturated heterocycles. The molecule has 7 heteroatoms. The molecule has 0 rings (SSSR count). The molecule has 0 aromatic heterocycles. The van der Waals surface area contributed by atoms with Gasteiger partial charge in [-0.05, 0) is 0 Å². The van der Waals surface area contributed by atoms with Crippen molar-refractivity contribution in [2.75, 3.05) is 0 Å². The Labute approximate surface area is 64.9 Å². The second-order valence-electron chi connectivity index (χ2n) is 0.637. The Hall–Kier alpha value is -1.32. The van der Waals surface area contributed by atoms with Crippen LogP contribution in [-0.4, -0.2) is 12.7 Å². The van der Waals surface area contributed by atoms with Crippen molar-refractivity contribution in [2.45, 2.75) is 0 Å². The highest BCUT2D eigenvalue weighted by atomic mass is 35.5. The fraction of sp³-hybridized carbons (Fsp3) is 0. The van der Waals surface area contributed by atoms with Crippen molar-refractivity contribution in [3.63, 3.8) is 0 Å². The van der Waals surface area contributed by atoms with E-state index in [2.05, 4.69) is 4.99 Å². The van der Waals surface area contributed by atoms with Crippen molar-refractivity contribution < 1.29 is 17.2 Å². The lowest BCUT2D eigenvalue weighted by atomic mass is 11.1. The first-order chi connectivity index (χ1) is 3.77. The van der Waals surface area contributed by atoms with Gasteiger partial charge >= 0.3 is 0 Å². The van der Waals surface area contributed by atoms with Gasteiger partial charge in [-0.3, -0.25) is 0 Å². The zero-order chi connectivity index (χ0) is 6.99. The van der Waals surface area contributed by atoms with Crippen LogP contribution in [0, 0.1) is 11.5 Å². The van der Waals surface area contributed by atoms with Gasteiger partial charge in [-0.25, -0.2) is 0 Å². The van der Waals surface area contributed by atoms with Gasteiger partial charge in [0.15, 0.2) is 0 Å². The topological polar surface area (TPSA) is 142 Å². The SMILES string of the molecule is C=O.N#CN=C(N)N.[Cl-].[NH4+]. The molecule has 8 N–H and O–H groups in total. The number of nitrogens with zero attached hydrogens (tertiary/aromatic N) is 2. The van der Waals surface area contributed by atoms with Crippen molar-refractivity contribution in [1.82, 2.24) is 6.15 Å². The van der Waals surface area contributed by atoms with E-state index in [1.807, 2.05) is 6.79 Å². The summed E-state index contributed by atoms with van der Waals surface area (Å²) in [5, 5.41) is 7.64. The summed E-state index contributed by atoms with van der Waals surface area (Å²) in [5.74, 6) is -0.197. The molecule has 60 valence electrons. The molecule has 0 fully saturated rings. The van der Waals surface area contributed by atoms with E-state index in [4.69, 9.17) is 21.5 Å². The van der Waals surface area contributed by atoms with E-state index < -0.39 is 0 Å². The van der Waals surface area contributed by atoms with Crippen LogP contribution in [0.25, 0.3) is 0 Å². The third kappa shape index (κ3) is 76.4. The van der Waals surface area contributed by atoms with E-state index in [0.29, 0.717) is 0 Å². The van der Waals surface area contributed by atoms with Gasteiger partial charge < -0.3 is 34.8 Å². The van der Waals surface area contributed by atoms with Gasteiger partial charge in [0.25, 0.3) is 0 Å². The summed E-state index contributed by atoms with van der Waals surface area (Å²) in [4.78, 5) is 10.9. The van der Waals surface area contributed by atoms with Crippen molar-refractivity contribution in [2.24, 2.45) is 16.5 Å². The van der Waals surface area contributed by atoms with Gasteiger partial charge in [-0.1, -0.05) is 0 Å². The van der Waals surface area contributed by atoms with E-state index in [9.17, 15) is 0 Å². The zero-order valence-electron chi connectivity index (χ0n) is 5.54. The first-order valence-corrected chi connectivity index (χ1v) is 1.54. The van der Waals surface area contributed by atoms with Crippen molar-refractivity contribution >= 4 is 12.7 Å². The highest BCUT2D eigenvalue weighted by Crippen LogP contribution is 1.49. The molecule has 0 bridgehead atoms. The Morgan fingerprint density at radius 3 is 1.80 bits per heavy atom. The van der Waals surface area contributed by atoms with Crippen molar-refractivity contribution in [3.8, 4) is 6.19 Å². The van der Waals surface area contributed by atoms with Crippen LogP contribution in [-0.2, 0) is 4.79 Å². The molecule has 0 heterocycles. The molecule has 0 aromatic rings. The number of quaternary nitrogens is 1. The van der Waals surface area contributed by atoms with Crippen LogP contribution in [0.1, 0.15) is 0 Å². The van der Waals surface area contributed by atoms with Crippen LogP contribution in [0.2, 0.25) is 0 Å². The number of hydrogen-bond acceptors (Lipinski definition) is 3. The first-order valence-electron chi connectivity index (χ1n) is 1.54. The quantitative estimate of drug-likeness (QED) is 0.192. The predicted octanol–water partition coefficient (Wildman–Crippen LogP) is -4.06. The summed E-state index contributed by atoms with van der Waals surface area (Å²) in [7, 11) is 0. The Morgan fingerprint density at radius 2 is 1.80 bits per heavy atom. The van der Waals surface area contributed by atoms with Crippen LogP contribution in [0.15, 0.2) is 4.99 Å². The Balaban J connectivity index is -0.0000000412. The summed E-state index contributed by atoms with van der Waals surface area (Å²) in [6, 6.07) is 0. The average Bonchev–Trinajstić information content (AvgIpc) is 1.72. The van der Waals surface area contributed by atoms with Gasteiger partial charge in [0, 0.05) is 0 Å². The lowest BCUT2D eigenvalue weighted by molar-refractivity contribution is -0.0980. The van der Waals surface area contributed by atoms with E-state index in [1.54, 1.807) is 0 Å². The normalized spacial score (nSPS) is 3.90. The zero-order valence-corrected chi connectivity index (χ0v) is 6.30. The number of aliphatic imine (C=N–C) groups is 1. The van der Waals surface area contributed by atoms with E-state index in [1.165, 1.54) is 6.19 Å². The molecule has 0 aliphatic rings. The molecular weight excluding hydrogens is 158 g/mol. The molecule has 6 nitrogen and oxygen atoms in total. The van der Waals surface area contributed by atoms with Gasteiger partial charge in [-0.2, -0.15) is 5.26 Å². The summed E-state index contributed by atoms with van der Waals surface area (Å²) < 4.78 is 0. The van der Waals surface area contributed by atoms with Crippen LogP contribution < -0.4 is 30.0 Å². The van der Waals surface area contributed by atoms with Gasteiger partial charge in [-0.15, -0.1) is 4.99 Å². The number of halogens is 1. The number of nitriles is 1. The molecule has 0 radical (unpaired) electrons. The largest absolute Gasteiger partial charge is 1.00 e. The minimum absolute atomic E-state index is 0. The standard InChI is InChI=1S/C2H4N4.CH2O.ClH.H3N/c3-1-6-2(4)5;1-2;;/h(H4,4,5,6);1H2;1H;1H3. The average molecular weight is 168 g/mol. The smallest absolute Gasteiger partial charge is 0.209 e.